The van der Waals surface area contributed by atoms with Crippen molar-refractivity contribution in [2.45, 2.75) is 6.54 Å². The van der Waals surface area contributed by atoms with Crippen molar-refractivity contribution in [2.75, 3.05) is 7.11 Å². The fourth-order valence-electron chi connectivity index (χ4n) is 2.76. The van der Waals surface area contributed by atoms with Crippen LogP contribution in [0.15, 0.2) is 59.8 Å². The lowest BCUT2D eigenvalue weighted by molar-refractivity contribution is 0.288. The van der Waals surface area contributed by atoms with Gasteiger partial charge in [0.2, 0.25) is 0 Å². The minimum atomic E-state index is 0.628. The van der Waals surface area contributed by atoms with Gasteiger partial charge in [-0.2, -0.15) is 5.10 Å². The molecule has 3 aromatic rings. The predicted octanol–water partition coefficient (Wildman–Crippen LogP) is 3.33. The van der Waals surface area contributed by atoms with Crippen LogP contribution < -0.4 is 15.8 Å². The number of hydrazine groups is 2. The standard InChI is InChI=1S/C18H16ClIN6O/c1-27-13-8-6-12(7-9-13)11-25-18(22-23-24-25)14-10-21-26(17(14)20)16-5-3-2-4-15(16)19/h2-10,23-24H,11H2,1H3. The summed E-state index contributed by atoms with van der Waals surface area (Å²) in [4.78, 5) is 0. The fraction of sp³-hybridized carbons (Fsp3) is 0.111. The number of hydrogen-bond donors (Lipinski definition) is 2. The second-order valence-electron chi connectivity index (χ2n) is 5.81. The average molecular weight is 495 g/mol. The monoisotopic (exact) mass is 494 g/mol. The molecule has 0 unspecified atom stereocenters. The molecule has 27 heavy (non-hydrogen) atoms. The number of hydrazone groups is 1. The zero-order valence-electron chi connectivity index (χ0n) is 14.4. The molecule has 4 rings (SSSR count). The largest absolute Gasteiger partial charge is 0.497 e. The van der Waals surface area contributed by atoms with Crippen molar-refractivity contribution in [2.24, 2.45) is 5.10 Å². The molecule has 0 atom stereocenters. The Kier molecular flexibility index (Phi) is 5.19. The highest BCUT2D eigenvalue weighted by Gasteiger charge is 2.24. The lowest BCUT2D eigenvalue weighted by atomic mass is 10.2. The van der Waals surface area contributed by atoms with Gasteiger partial charge in [0.25, 0.3) is 0 Å². The molecule has 2 heterocycles. The topological polar surface area (TPSA) is 66.7 Å². The van der Waals surface area contributed by atoms with E-state index in [9.17, 15) is 0 Å². The van der Waals surface area contributed by atoms with E-state index in [1.54, 1.807) is 13.3 Å². The smallest absolute Gasteiger partial charge is 0.177 e. The van der Waals surface area contributed by atoms with Crippen LogP contribution in [-0.4, -0.2) is 27.7 Å². The molecule has 0 bridgehead atoms. The van der Waals surface area contributed by atoms with E-state index >= 15 is 0 Å². The van der Waals surface area contributed by atoms with E-state index < -0.39 is 0 Å². The highest BCUT2D eigenvalue weighted by molar-refractivity contribution is 14.1. The van der Waals surface area contributed by atoms with Crippen molar-refractivity contribution in [1.29, 1.82) is 0 Å². The first-order chi connectivity index (χ1) is 13.2. The minimum Gasteiger partial charge on any atom is -0.497 e. The maximum absolute atomic E-state index is 6.32. The number of rotatable bonds is 5. The molecule has 9 heteroatoms. The Morgan fingerprint density at radius 2 is 1.93 bits per heavy atom. The number of nitrogens with zero attached hydrogens (tertiary/aromatic N) is 4. The van der Waals surface area contributed by atoms with Crippen LogP contribution in [0.4, 0.5) is 0 Å². The van der Waals surface area contributed by atoms with E-state index in [4.69, 9.17) is 16.3 Å². The summed E-state index contributed by atoms with van der Waals surface area (Å²) >= 11 is 8.58. The molecule has 0 aliphatic carbocycles. The Morgan fingerprint density at radius 1 is 1.15 bits per heavy atom. The zero-order valence-corrected chi connectivity index (χ0v) is 17.3. The van der Waals surface area contributed by atoms with Gasteiger partial charge in [-0.25, -0.2) is 10.2 Å². The lowest BCUT2D eigenvalue weighted by Crippen LogP contribution is -2.40. The number of benzene rings is 2. The van der Waals surface area contributed by atoms with E-state index in [1.165, 1.54) is 0 Å². The Balaban J connectivity index is 1.60. The Bertz CT molecular complexity index is 988. The summed E-state index contributed by atoms with van der Waals surface area (Å²) in [6.45, 7) is 0.628. The molecule has 0 spiro atoms. The van der Waals surface area contributed by atoms with Crippen molar-refractivity contribution < 1.29 is 4.74 Å². The van der Waals surface area contributed by atoms with E-state index in [-0.39, 0.29) is 0 Å². The van der Waals surface area contributed by atoms with Crippen LogP contribution in [0.3, 0.4) is 0 Å². The number of ether oxygens (including phenoxy) is 1. The summed E-state index contributed by atoms with van der Waals surface area (Å²) in [6, 6.07) is 15.5. The summed E-state index contributed by atoms with van der Waals surface area (Å²) in [5.41, 5.74) is 8.73. The molecule has 0 fully saturated rings. The van der Waals surface area contributed by atoms with Gasteiger partial charge in [-0.3, -0.25) is 5.01 Å². The second-order valence-corrected chi connectivity index (χ2v) is 7.23. The van der Waals surface area contributed by atoms with Gasteiger partial charge in [-0.15, -0.1) is 10.6 Å². The van der Waals surface area contributed by atoms with E-state index in [0.29, 0.717) is 11.6 Å². The Hall–Kier alpha value is -2.30. The molecule has 0 saturated carbocycles. The molecule has 1 aromatic heterocycles. The van der Waals surface area contributed by atoms with Gasteiger partial charge in [0, 0.05) is 0 Å². The third-order valence-corrected chi connectivity index (χ3v) is 5.49. The van der Waals surface area contributed by atoms with Crippen LogP contribution in [0.25, 0.3) is 5.69 Å². The number of methoxy groups -OCH3 is 1. The van der Waals surface area contributed by atoms with Crippen molar-refractivity contribution >= 4 is 40.0 Å². The van der Waals surface area contributed by atoms with Crippen LogP contribution in [0.2, 0.25) is 5.02 Å². The summed E-state index contributed by atoms with van der Waals surface area (Å²) in [5.74, 6) is 1.59. The zero-order chi connectivity index (χ0) is 18.8. The van der Waals surface area contributed by atoms with Gasteiger partial charge in [-0.1, -0.05) is 35.9 Å². The van der Waals surface area contributed by atoms with Crippen molar-refractivity contribution in [3.8, 4) is 11.4 Å². The third-order valence-electron chi connectivity index (χ3n) is 4.13. The van der Waals surface area contributed by atoms with Crippen LogP contribution in [0.1, 0.15) is 11.1 Å². The highest BCUT2D eigenvalue weighted by Crippen LogP contribution is 2.25. The number of aromatic nitrogens is 2. The van der Waals surface area contributed by atoms with E-state index in [0.717, 1.165) is 32.1 Å². The molecule has 1 aliphatic heterocycles. The number of para-hydroxylation sites is 1. The second kappa shape index (κ2) is 7.75. The highest BCUT2D eigenvalue weighted by atomic mass is 127. The number of halogens is 2. The SMILES string of the molecule is COc1ccc(CN2NNN=C2c2cnn(-c3ccccc3Cl)c2I)cc1. The molecule has 138 valence electrons. The molecule has 0 saturated heterocycles. The molecule has 1 aliphatic rings. The first-order valence-electron chi connectivity index (χ1n) is 8.15. The quantitative estimate of drug-likeness (QED) is 0.533. The van der Waals surface area contributed by atoms with Crippen LogP contribution in [-0.2, 0) is 6.54 Å². The first kappa shape index (κ1) is 18.1. The van der Waals surface area contributed by atoms with Gasteiger partial charge < -0.3 is 4.74 Å². The average Bonchev–Trinajstić information content (AvgIpc) is 3.29. The van der Waals surface area contributed by atoms with Gasteiger partial charge in [-0.05, 0) is 52.4 Å². The molecule has 7 nitrogen and oxygen atoms in total. The Morgan fingerprint density at radius 3 is 2.67 bits per heavy atom. The number of nitrogens with one attached hydrogen (secondary N) is 2. The summed E-state index contributed by atoms with van der Waals surface area (Å²) in [7, 11) is 1.66. The summed E-state index contributed by atoms with van der Waals surface area (Å²) < 4.78 is 7.94. The fourth-order valence-corrected chi connectivity index (χ4v) is 3.74. The van der Waals surface area contributed by atoms with E-state index in [1.807, 2.05) is 58.2 Å². The third kappa shape index (κ3) is 3.60. The minimum absolute atomic E-state index is 0.628. The predicted molar refractivity (Wildman–Crippen MR) is 113 cm³/mol. The van der Waals surface area contributed by atoms with Crippen LogP contribution in [0, 0.1) is 3.70 Å². The Labute approximate surface area is 175 Å². The maximum Gasteiger partial charge on any atom is 0.177 e. The normalized spacial score (nSPS) is 13.4. The summed E-state index contributed by atoms with van der Waals surface area (Å²) in [5, 5.41) is 11.4. The van der Waals surface area contributed by atoms with Gasteiger partial charge in [0.05, 0.1) is 36.1 Å². The summed E-state index contributed by atoms with van der Waals surface area (Å²) in [6.07, 6.45) is 1.79. The van der Waals surface area contributed by atoms with Crippen molar-refractivity contribution in [3.05, 3.63) is 74.6 Å². The molecule has 0 amide bonds. The van der Waals surface area contributed by atoms with Crippen LogP contribution >= 0.6 is 34.2 Å². The lowest BCUT2D eigenvalue weighted by Gasteiger charge is -2.18. The molecular weight excluding hydrogens is 479 g/mol. The molecule has 2 aromatic carbocycles. The van der Waals surface area contributed by atoms with Crippen molar-refractivity contribution in [1.82, 2.24) is 25.9 Å². The molecular formula is C18H16ClIN6O. The maximum atomic E-state index is 6.32. The van der Waals surface area contributed by atoms with Gasteiger partial charge >= 0.3 is 0 Å². The number of hydrogen-bond acceptors (Lipinski definition) is 6. The molecule has 0 radical (unpaired) electrons. The van der Waals surface area contributed by atoms with Gasteiger partial charge in [0.1, 0.15) is 9.45 Å². The first-order valence-corrected chi connectivity index (χ1v) is 9.60. The van der Waals surface area contributed by atoms with Gasteiger partial charge in [0.15, 0.2) is 5.84 Å². The van der Waals surface area contributed by atoms with E-state index in [2.05, 4.69) is 43.9 Å². The van der Waals surface area contributed by atoms with Crippen molar-refractivity contribution in [3.63, 3.8) is 0 Å². The van der Waals surface area contributed by atoms with Crippen LogP contribution in [0.5, 0.6) is 5.75 Å². The molecule has 2 N–H and O–H groups in total. The number of amidine groups is 1.